The zero-order valence-electron chi connectivity index (χ0n) is 11.1. The number of rotatable bonds is 4. The molecular weight excluding hydrogens is 254 g/mol. The van der Waals surface area contributed by atoms with Crippen LogP contribution < -0.4 is 5.32 Å². The topological polar surface area (TPSA) is 29.1 Å². The first-order valence-corrected chi connectivity index (χ1v) is 7.40. The van der Waals surface area contributed by atoms with Crippen LogP contribution in [0.25, 0.3) is 0 Å². The van der Waals surface area contributed by atoms with Gasteiger partial charge in [0.15, 0.2) is 0 Å². The van der Waals surface area contributed by atoms with Crippen LogP contribution in [0.5, 0.6) is 0 Å². The fraction of sp³-hybridized carbons (Fsp3) is 0.188. The molecule has 2 nitrogen and oxygen atoms in total. The molecule has 0 bridgehead atoms. The molecule has 2 aromatic carbocycles. The highest BCUT2D eigenvalue weighted by molar-refractivity contribution is 7.98. The second-order valence-corrected chi connectivity index (χ2v) is 5.25. The number of amides is 1. The fourth-order valence-electron chi connectivity index (χ4n) is 1.86. The number of benzene rings is 2. The lowest BCUT2D eigenvalue weighted by molar-refractivity contribution is -0.115. The fourth-order valence-corrected chi connectivity index (χ4v) is 2.48. The molecule has 0 heterocycles. The summed E-state index contributed by atoms with van der Waals surface area (Å²) < 4.78 is 0. The van der Waals surface area contributed by atoms with Gasteiger partial charge in [-0.1, -0.05) is 35.9 Å². The Balaban J connectivity index is 2.03. The summed E-state index contributed by atoms with van der Waals surface area (Å²) in [7, 11) is 0. The number of anilines is 1. The predicted octanol–water partition coefficient (Wildman–Crippen LogP) is 3.90. The Bertz CT molecular complexity index is 563. The van der Waals surface area contributed by atoms with Gasteiger partial charge in [-0.05, 0) is 36.9 Å². The van der Waals surface area contributed by atoms with Gasteiger partial charge in [0.05, 0.1) is 6.42 Å². The molecule has 0 aliphatic carbocycles. The molecule has 0 aliphatic heterocycles. The first-order valence-electron chi connectivity index (χ1n) is 6.17. The summed E-state index contributed by atoms with van der Waals surface area (Å²) in [6, 6.07) is 15.8. The van der Waals surface area contributed by atoms with Crippen molar-refractivity contribution in [2.24, 2.45) is 0 Å². The van der Waals surface area contributed by atoms with Crippen molar-refractivity contribution in [3.05, 3.63) is 59.7 Å². The third kappa shape index (κ3) is 3.86. The minimum atomic E-state index is 0.0188. The van der Waals surface area contributed by atoms with Gasteiger partial charge in [0.25, 0.3) is 0 Å². The van der Waals surface area contributed by atoms with E-state index in [1.54, 1.807) is 11.8 Å². The maximum atomic E-state index is 12.0. The van der Waals surface area contributed by atoms with E-state index < -0.39 is 0 Å². The number of carbonyl (C=O) groups is 1. The molecule has 0 unspecified atom stereocenters. The lowest BCUT2D eigenvalue weighted by Crippen LogP contribution is -2.14. The maximum Gasteiger partial charge on any atom is 0.228 e. The molecule has 0 aliphatic rings. The van der Waals surface area contributed by atoms with Crippen LogP contribution in [0.15, 0.2) is 53.4 Å². The first-order chi connectivity index (χ1) is 9.19. The molecule has 0 aromatic heterocycles. The highest BCUT2D eigenvalue weighted by Crippen LogP contribution is 2.20. The van der Waals surface area contributed by atoms with Crippen molar-refractivity contribution in [1.82, 2.24) is 0 Å². The lowest BCUT2D eigenvalue weighted by Gasteiger charge is -2.08. The highest BCUT2D eigenvalue weighted by Gasteiger charge is 2.07. The van der Waals surface area contributed by atoms with Gasteiger partial charge >= 0.3 is 0 Å². The van der Waals surface area contributed by atoms with E-state index >= 15 is 0 Å². The van der Waals surface area contributed by atoms with Crippen molar-refractivity contribution < 1.29 is 4.79 Å². The van der Waals surface area contributed by atoms with Gasteiger partial charge in [0.2, 0.25) is 5.91 Å². The molecule has 1 N–H and O–H groups in total. The number of hydrogen-bond acceptors (Lipinski definition) is 2. The minimum absolute atomic E-state index is 0.0188. The van der Waals surface area contributed by atoms with Crippen molar-refractivity contribution in [2.45, 2.75) is 18.2 Å². The van der Waals surface area contributed by atoms with Crippen LogP contribution in [0.4, 0.5) is 5.69 Å². The molecule has 0 spiro atoms. The van der Waals surface area contributed by atoms with Crippen LogP contribution in [0, 0.1) is 6.92 Å². The molecule has 19 heavy (non-hydrogen) atoms. The standard InChI is InChI=1S/C16H17NOS/c1-12-7-9-14(10-8-12)17-16(18)11-13-5-3-4-6-15(13)19-2/h3-10H,11H2,1-2H3,(H,17,18). The Morgan fingerprint density at radius 3 is 2.47 bits per heavy atom. The third-order valence-corrected chi connectivity index (χ3v) is 3.72. The average molecular weight is 271 g/mol. The first kappa shape index (κ1) is 13.7. The van der Waals surface area contributed by atoms with Crippen molar-refractivity contribution in [2.75, 3.05) is 11.6 Å². The summed E-state index contributed by atoms with van der Waals surface area (Å²) in [6.45, 7) is 2.03. The smallest absolute Gasteiger partial charge is 0.228 e. The average Bonchev–Trinajstić information content (AvgIpc) is 2.42. The van der Waals surface area contributed by atoms with Gasteiger partial charge < -0.3 is 5.32 Å². The predicted molar refractivity (Wildman–Crippen MR) is 81.7 cm³/mol. The van der Waals surface area contributed by atoms with E-state index in [1.165, 1.54) is 5.56 Å². The van der Waals surface area contributed by atoms with Gasteiger partial charge in [0.1, 0.15) is 0 Å². The van der Waals surface area contributed by atoms with Crippen LogP contribution in [-0.4, -0.2) is 12.2 Å². The van der Waals surface area contributed by atoms with Gasteiger partial charge in [0, 0.05) is 10.6 Å². The van der Waals surface area contributed by atoms with E-state index in [-0.39, 0.29) is 5.91 Å². The number of thioether (sulfide) groups is 1. The molecule has 0 saturated carbocycles. The minimum Gasteiger partial charge on any atom is -0.326 e. The Morgan fingerprint density at radius 1 is 1.11 bits per heavy atom. The van der Waals surface area contributed by atoms with Crippen LogP contribution >= 0.6 is 11.8 Å². The monoisotopic (exact) mass is 271 g/mol. The molecule has 0 radical (unpaired) electrons. The summed E-state index contributed by atoms with van der Waals surface area (Å²) in [5.74, 6) is 0.0188. The van der Waals surface area contributed by atoms with Crippen molar-refractivity contribution in [3.63, 3.8) is 0 Å². The lowest BCUT2D eigenvalue weighted by atomic mass is 10.1. The Hall–Kier alpha value is -1.74. The summed E-state index contributed by atoms with van der Waals surface area (Å²) in [5.41, 5.74) is 3.10. The summed E-state index contributed by atoms with van der Waals surface area (Å²) in [5, 5.41) is 2.92. The van der Waals surface area contributed by atoms with E-state index in [2.05, 4.69) is 5.32 Å². The van der Waals surface area contributed by atoms with E-state index in [4.69, 9.17) is 0 Å². The zero-order valence-corrected chi connectivity index (χ0v) is 12.0. The second kappa shape index (κ2) is 6.43. The molecule has 98 valence electrons. The maximum absolute atomic E-state index is 12.0. The van der Waals surface area contributed by atoms with Crippen molar-refractivity contribution in [3.8, 4) is 0 Å². The largest absolute Gasteiger partial charge is 0.326 e. The quantitative estimate of drug-likeness (QED) is 0.855. The number of aryl methyl sites for hydroxylation is 1. The molecular formula is C16H17NOS. The van der Waals surface area contributed by atoms with Crippen molar-refractivity contribution in [1.29, 1.82) is 0 Å². The van der Waals surface area contributed by atoms with Crippen LogP contribution in [-0.2, 0) is 11.2 Å². The van der Waals surface area contributed by atoms with Crippen LogP contribution in [0.1, 0.15) is 11.1 Å². The van der Waals surface area contributed by atoms with Crippen LogP contribution in [0.3, 0.4) is 0 Å². The Morgan fingerprint density at radius 2 is 1.79 bits per heavy atom. The third-order valence-electron chi connectivity index (χ3n) is 2.88. The van der Waals surface area contributed by atoms with E-state index in [0.717, 1.165) is 16.1 Å². The summed E-state index contributed by atoms with van der Waals surface area (Å²) in [4.78, 5) is 13.2. The van der Waals surface area contributed by atoms with E-state index in [0.29, 0.717) is 6.42 Å². The van der Waals surface area contributed by atoms with E-state index in [9.17, 15) is 4.79 Å². The number of hydrogen-bond donors (Lipinski definition) is 1. The SMILES string of the molecule is CSc1ccccc1CC(=O)Nc1ccc(C)cc1. The van der Waals surface area contributed by atoms with Gasteiger partial charge in [-0.15, -0.1) is 11.8 Å². The summed E-state index contributed by atoms with van der Waals surface area (Å²) >= 11 is 1.67. The number of nitrogens with one attached hydrogen (secondary N) is 1. The Kier molecular flexibility index (Phi) is 4.63. The normalized spacial score (nSPS) is 10.2. The highest BCUT2D eigenvalue weighted by atomic mass is 32.2. The van der Waals surface area contributed by atoms with Crippen molar-refractivity contribution >= 4 is 23.4 Å². The van der Waals surface area contributed by atoms with Crippen LogP contribution in [0.2, 0.25) is 0 Å². The molecule has 2 rings (SSSR count). The number of carbonyl (C=O) groups excluding carboxylic acids is 1. The Labute approximate surface area is 118 Å². The molecule has 0 saturated heterocycles. The summed E-state index contributed by atoms with van der Waals surface area (Å²) in [6.07, 6.45) is 2.43. The molecule has 2 aromatic rings. The molecule has 0 atom stereocenters. The molecule has 1 amide bonds. The zero-order chi connectivity index (χ0) is 13.7. The van der Waals surface area contributed by atoms with Gasteiger partial charge in [-0.2, -0.15) is 0 Å². The molecule has 3 heteroatoms. The van der Waals surface area contributed by atoms with E-state index in [1.807, 2.05) is 61.7 Å². The van der Waals surface area contributed by atoms with Gasteiger partial charge in [-0.3, -0.25) is 4.79 Å². The van der Waals surface area contributed by atoms with Gasteiger partial charge in [-0.25, -0.2) is 0 Å². The molecule has 0 fully saturated rings. The second-order valence-electron chi connectivity index (χ2n) is 4.40.